The highest BCUT2D eigenvalue weighted by Crippen LogP contribution is 2.49. The molecule has 0 fully saturated rings. The molecule has 0 atom stereocenters. The van der Waals surface area contributed by atoms with Gasteiger partial charge >= 0.3 is 0 Å². The van der Waals surface area contributed by atoms with Crippen LogP contribution in [0, 0.1) is 13.8 Å². The standard InChI is InChI=1S/C68H62N2OSSi/c1-47-41-53(45-54(42-47)70(61-39-33-50(43-48(61)2)67(3,4)5)63-46-72-66-59-31-21-22-32-64(59)71-65(63)66)69(62-40-34-51(68(6,7)8)44-60(62)49-23-13-9-14-24-49)52-35-37-58(38-36-52)73(55-25-15-10-16-26-55,56-27-17-11-18-28-56)57-29-19-12-20-30-57/h9-46H,1-8H3. The minimum absolute atomic E-state index is 0.000501. The number of furan rings is 1. The molecule has 0 saturated carbocycles. The molecule has 0 amide bonds. The third-order valence-corrected chi connectivity index (χ3v) is 20.3. The zero-order chi connectivity index (χ0) is 50.5. The molecule has 3 nitrogen and oxygen atoms in total. The van der Waals surface area contributed by atoms with Gasteiger partial charge in [0.2, 0.25) is 0 Å². The van der Waals surface area contributed by atoms with E-state index in [1.807, 2.05) is 0 Å². The van der Waals surface area contributed by atoms with Crippen LogP contribution in [0.2, 0.25) is 0 Å². The molecule has 0 spiro atoms. The summed E-state index contributed by atoms with van der Waals surface area (Å²) in [5, 5.41) is 8.78. The monoisotopic (exact) mass is 982 g/mol. The number of para-hydroxylation sites is 1. The highest BCUT2D eigenvalue weighted by Gasteiger charge is 2.41. The number of fused-ring (bicyclic) bond motifs is 3. The van der Waals surface area contributed by atoms with Gasteiger partial charge in [-0.15, -0.1) is 11.3 Å². The highest BCUT2D eigenvalue weighted by atomic mass is 32.1. The number of aryl methyl sites for hydroxylation is 2. The average molecular weight is 983 g/mol. The van der Waals surface area contributed by atoms with Gasteiger partial charge < -0.3 is 14.2 Å². The first-order valence-electron chi connectivity index (χ1n) is 25.5. The molecule has 0 aliphatic heterocycles. The van der Waals surface area contributed by atoms with Gasteiger partial charge in [0.05, 0.1) is 10.4 Å². The predicted molar refractivity (Wildman–Crippen MR) is 317 cm³/mol. The second kappa shape index (κ2) is 19.0. The van der Waals surface area contributed by atoms with Crippen LogP contribution in [0.1, 0.15) is 63.8 Å². The van der Waals surface area contributed by atoms with Gasteiger partial charge in [-0.05, 0) is 134 Å². The van der Waals surface area contributed by atoms with E-state index in [0.29, 0.717) is 0 Å². The van der Waals surface area contributed by atoms with Crippen LogP contribution in [0.5, 0.6) is 0 Å². The van der Waals surface area contributed by atoms with E-state index in [0.717, 1.165) is 60.9 Å². The summed E-state index contributed by atoms with van der Waals surface area (Å²) in [6, 6.07) is 83.5. The van der Waals surface area contributed by atoms with Gasteiger partial charge in [0.15, 0.2) is 13.7 Å². The van der Waals surface area contributed by atoms with Crippen molar-refractivity contribution in [3.63, 3.8) is 0 Å². The minimum Gasteiger partial charge on any atom is -0.453 e. The molecular weight excluding hydrogens is 921 g/mol. The van der Waals surface area contributed by atoms with E-state index < -0.39 is 8.07 Å². The Balaban J connectivity index is 1.17. The molecule has 0 N–H and O–H groups in total. The summed E-state index contributed by atoms with van der Waals surface area (Å²) in [7, 11) is -2.80. The van der Waals surface area contributed by atoms with Crippen molar-refractivity contribution in [1.82, 2.24) is 0 Å². The predicted octanol–water partition coefficient (Wildman–Crippen LogP) is 16.8. The zero-order valence-corrected chi connectivity index (χ0v) is 45.0. The Kier molecular flexibility index (Phi) is 12.4. The highest BCUT2D eigenvalue weighted by molar-refractivity contribution is 7.20. The van der Waals surface area contributed by atoms with Gasteiger partial charge in [-0.25, -0.2) is 0 Å². The summed E-state index contributed by atoms with van der Waals surface area (Å²) >= 11 is 1.75. The number of nitrogens with zero attached hydrogens (tertiary/aromatic N) is 2. The van der Waals surface area contributed by atoms with Crippen LogP contribution in [0.4, 0.5) is 34.1 Å². The molecule has 0 radical (unpaired) electrons. The number of hydrogen-bond donors (Lipinski definition) is 0. The lowest BCUT2D eigenvalue weighted by molar-refractivity contribution is 0.589. The molecule has 360 valence electrons. The maximum atomic E-state index is 6.81. The van der Waals surface area contributed by atoms with Crippen LogP contribution in [0.15, 0.2) is 234 Å². The van der Waals surface area contributed by atoms with Crippen LogP contribution in [-0.4, -0.2) is 8.07 Å². The molecule has 5 heteroatoms. The van der Waals surface area contributed by atoms with Gasteiger partial charge in [0.1, 0.15) is 11.3 Å². The van der Waals surface area contributed by atoms with Crippen molar-refractivity contribution < 1.29 is 4.42 Å². The maximum absolute atomic E-state index is 6.81. The Labute approximate surface area is 436 Å². The van der Waals surface area contributed by atoms with E-state index in [-0.39, 0.29) is 10.8 Å². The molecule has 2 aromatic heterocycles. The van der Waals surface area contributed by atoms with E-state index >= 15 is 0 Å². The lowest BCUT2D eigenvalue weighted by atomic mass is 9.84. The molecule has 11 aromatic rings. The van der Waals surface area contributed by atoms with Crippen molar-refractivity contribution in [2.45, 2.75) is 66.2 Å². The number of benzene rings is 9. The van der Waals surface area contributed by atoms with Gasteiger partial charge in [-0.3, -0.25) is 0 Å². The fourth-order valence-electron chi connectivity index (χ4n) is 10.8. The van der Waals surface area contributed by atoms with Crippen molar-refractivity contribution in [2.24, 2.45) is 0 Å². The quantitative estimate of drug-likeness (QED) is 0.0951. The van der Waals surface area contributed by atoms with Gasteiger partial charge in [-0.1, -0.05) is 205 Å². The smallest absolute Gasteiger partial charge is 0.179 e. The van der Waals surface area contributed by atoms with Crippen molar-refractivity contribution in [1.29, 1.82) is 0 Å². The lowest BCUT2D eigenvalue weighted by Gasteiger charge is -2.35. The van der Waals surface area contributed by atoms with Crippen molar-refractivity contribution >= 4 is 95.5 Å². The van der Waals surface area contributed by atoms with E-state index in [4.69, 9.17) is 4.42 Å². The first kappa shape index (κ1) is 47.6. The van der Waals surface area contributed by atoms with E-state index in [9.17, 15) is 0 Å². The first-order chi connectivity index (χ1) is 35.3. The van der Waals surface area contributed by atoms with Crippen molar-refractivity contribution in [3.05, 3.63) is 252 Å². The van der Waals surface area contributed by atoms with Crippen molar-refractivity contribution in [3.8, 4) is 11.1 Å². The molecule has 73 heavy (non-hydrogen) atoms. The third-order valence-electron chi connectivity index (χ3n) is 14.5. The molecule has 9 aromatic carbocycles. The number of anilines is 6. The molecule has 0 saturated heterocycles. The fraction of sp³-hybridized carbons (Fsp3) is 0.147. The van der Waals surface area contributed by atoms with Gasteiger partial charge in [0, 0.05) is 39.1 Å². The molecular formula is C68H62N2OSSi. The third kappa shape index (κ3) is 8.81. The number of hydrogen-bond acceptors (Lipinski definition) is 4. The summed E-state index contributed by atoms with van der Waals surface area (Å²) in [6.07, 6.45) is 0. The van der Waals surface area contributed by atoms with Crippen molar-refractivity contribution in [2.75, 3.05) is 9.80 Å². The average Bonchev–Trinajstić information content (AvgIpc) is 3.98. The summed E-state index contributed by atoms with van der Waals surface area (Å²) in [5.74, 6) is 0. The maximum Gasteiger partial charge on any atom is 0.179 e. The van der Waals surface area contributed by atoms with E-state index in [2.05, 4.69) is 295 Å². The van der Waals surface area contributed by atoms with Crippen LogP contribution < -0.4 is 30.5 Å². The summed E-state index contributed by atoms with van der Waals surface area (Å²) in [6.45, 7) is 18.2. The molecule has 0 aliphatic carbocycles. The topological polar surface area (TPSA) is 19.6 Å². The van der Waals surface area contributed by atoms with E-state index in [1.54, 1.807) is 11.3 Å². The lowest BCUT2D eigenvalue weighted by Crippen LogP contribution is -2.74. The molecule has 2 heterocycles. The van der Waals surface area contributed by atoms with Gasteiger partial charge in [-0.2, -0.15) is 0 Å². The molecule has 11 rings (SSSR count). The Morgan fingerprint density at radius 3 is 1.48 bits per heavy atom. The normalized spacial score (nSPS) is 12.1. The van der Waals surface area contributed by atoms with Crippen LogP contribution in [0.3, 0.4) is 0 Å². The summed E-state index contributed by atoms with van der Waals surface area (Å²) in [5.41, 5.74) is 15.5. The largest absolute Gasteiger partial charge is 0.453 e. The Morgan fingerprint density at radius 1 is 0.425 bits per heavy atom. The zero-order valence-electron chi connectivity index (χ0n) is 43.2. The molecule has 0 unspecified atom stereocenters. The summed E-state index contributed by atoms with van der Waals surface area (Å²) < 4.78 is 7.97. The Hall–Kier alpha value is -7.70. The second-order valence-electron chi connectivity index (χ2n) is 21.6. The Morgan fingerprint density at radius 2 is 0.918 bits per heavy atom. The number of thiophene rings is 1. The molecule has 0 bridgehead atoms. The minimum atomic E-state index is -2.80. The van der Waals surface area contributed by atoms with E-state index in [1.165, 1.54) is 48.6 Å². The Bertz CT molecular complexity index is 3620. The second-order valence-corrected chi connectivity index (χ2v) is 26.3. The van der Waals surface area contributed by atoms with Crippen LogP contribution >= 0.6 is 11.3 Å². The fourth-order valence-corrected chi connectivity index (χ4v) is 16.5. The van der Waals surface area contributed by atoms with Gasteiger partial charge in [0.25, 0.3) is 0 Å². The van der Waals surface area contributed by atoms with Crippen LogP contribution in [-0.2, 0) is 10.8 Å². The van der Waals surface area contributed by atoms with Crippen LogP contribution in [0.25, 0.3) is 32.4 Å². The number of rotatable bonds is 11. The SMILES string of the molecule is Cc1cc(N(c2ccc([Si](c3ccccc3)(c3ccccc3)c3ccccc3)cc2)c2ccc(C(C)(C)C)cc2-c2ccccc2)cc(N(c2ccc(C(C)(C)C)cc2C)c2csc3c2oc2ccccc23)c1. The molecule has 0 aliphatic rings. The first-order valence-corrected chi connectivity index (χ1v) is 28.4. The summed E-state index contributed by atoms with van der Waals surface area (Å²) in [4.78, 5) is 4.92.